The highest BCUT2D eigenvalue weighted by Crippen LogP contribution is 2.25. The van der Waals surface area contributed by atoms with Gasteiger partial charge in [-0.25, -0.2) is 9.37 Å². The van der Waals surface area contributed by atoms with E-state index in [0.29, 0.717) is 21.4 Å². The van der Waals surface area contributed by atoms with E-state index in [0.717, 1.165) is 6.20 Å². The van der Waals surface area contributed by atoms with E-state index in [1.54, 1.807) is 35.1 Å². The van der Waals surface area contributed by atoms with Crippen LogP contribution in [0.15, 0.2) is 22.8 Å². The van der Waals surface area contributed by atoms with Crippen molar-refractivity contribution in [3.63, 3.8) is 0 Å². The fourth-order valence-corrected chi connectivity index (χ4v) is 1.68. The molecule has 2 rings (SSSR count). The average Bonchev–Trinajstić information content (AvgIpc) is 2.23. The highest BCUT2D eigenvalue weighted by molar-refractivity contribution is 14.1. The Bertz CT molecular complexity index is 494. The quantitative estimate of drug-likeness (QED) is 0.725. The van der Waals surface area contributed by atoms with Gasteiger partial charge in [-0.3, -0.25) is 4.98 Å². The molecule has 0 spiro atoms. The topological polar surface area (TPSA) is 35.0 Å². The zero-order valence-corrected chi connectivity index (χ0v) is 10.4. The van der Waals surface area contributed by atoms with Crippen molar-refractivity contribution in [2.75, 3.05) is 0 Å². The first-order chi connectivity index (χ1) is 6.72. The molecule has 2 aromatic heterocycles. The molecule has 0 amide bonds. The second-order valence-electron chi connectivity index (χ2n) is 2.51. The van der Waals surface area contributed by atoms with Crippen LogP contribution in [0.3, 0.4) is 0 Å². The van der Waals surface area contributed by atoms with Crippen LogP contribution in [0.25, 0.3) is 11.0 Å². The summed E-state index contributed by atoms with van der Waals surface area (Å²) < 4.78 is 18.3. The van der Waals surface area contributed by atoms with Crippen LogP contribution in [0.5, 0.6) is 5.88 Å². The zero-order chi connectivity index (χ0) is 10.1. The fraction of sp³-hybridized carbons (Fsp3) is 0. The lowest BCUT2D eigenvalue weighted by molar-refractivity contribution is 0.616. The number of aromatic nitrogens is 2. The van der Waals surface area contributed by atoms with Gasteiger partial charge in [0.25, 0.3) is 0 Å². The van der Waals surface area contributed by atoms with Gasteiger partial charge in [-0.15, -0.1) is 0 Å². The molecule has 6 heteroatoms. The van der Waals surface area contributed by atoms with Crippen LogP contribution >= 0.6 is 38.9 Å². The van der Waals surface area contributed by atoms with Gasteiger partial charge in [0.05, 0.1) is 16.2 Å². The van der Waals surface area contributed by atoms with Crippen molar-refractivity contribution in [3.8, 4) is 5.88 Å². The first kappa shape index (κ1) is 10.0. The van der Waals surface area contributed by atoms with Gasteiger partial charge in [0.1, 0.15) is 5.52 Å². The highest BCUT2D eigenvalue weighted by atomic mass is 127. The number of fused-ring (bicyclic) bond motifs is 1. The molecule has 0 saturated heterocycles. The Morgan fingerprint density at radius 1 is 1.43 bits per heavy atom. The SMILES string of the molecule is Fc1cnc2ccc(OI)nc2c1Br. The average molecular weight is 369 g/mol. The van der Waals surface area contributed by atoms with Gasteiger partial charge in [-0.2, -0.15) is 0 Å². The van der Waals surface area contributed by atoms with Gasteiger partial charge in [-0.05, 0) is 22.0 Å². The number of hydrogen-bond acceptors (Lipinski definition) is 3. The molecule has 2 heterocycles. The van der Waals surface area contributed by atoms with Gasteiger partial charge in [0, 0.05) is 6.07 Å². The lowest BCUT2D eigenvalue weighted by Crippen LogP contribution is -1.89. The van der Waals surface area contributed by atoms with Crippen LogP contribution in [-0.4, -0.2) is 9.97 Å². The van der Waals surface area contributed by atoms with Crippen molar-refractivity contribution < 1.29 is 7.46 Å². The van der Waals surface area contributed by atoms with E-state index in [-0.39, 0.29) is 0 Å². The van der Waals surface area contributed by atoms with E-state index in [2.05, 4.69) is 25.9 Å². The van der Waals surface area contributed by atoms with Crippen LogP contribution < -0.4 is 3.07 Å². The van der Waals surface area contributed by atoms with Crippen molar-refractivity contribution in [1.29, 1.82) is 0 Å². The Hall–Kier alpha value is -0.500. The molecule has 0 aliphatic heterocycles. The maximum atomic E-state index is 13.1. The third kappa shape index (κ3) is 1.68. The van der Waals surface area contributed by atoms with Crippen LogP contribution in [0, 0.1) is 5.82 Å². The molecule has 0 atom stereocenters. The molecule has 0 N–H and O–H groups in total. The summed E-state index contributed by atoms with van der Waals surface area (Å²) in [5, 5.41) is 0. The third-order valence-electron chi connectivity index (χ3n) is 1.66. The molecule has 0 unspecified atom stereocenters. The number of nitrogens with zero attached hydrogens (tertiary/aromatic N) is 2. The van der Waals surface area contributed by atoms with Crippen molar-refractivity contribution >= 4 is 50.0 Å². The summed E-state index contributed by atoms with van der Waals surface area (Å²) in [6, 6.07) is 3.40. The summed E-state index contributed by atoms with van der Waals surface area (Å²) in [7, 11) is 0. The minimum Gasteiger partial charge on any atom is -0.408 e. The molecular weight excluding hydrogens is 366 g/mol. The number of halogens is 3. The van der Waals surface area contributed by atoms with Gasteiger partial charge in [0.2, 0.25) is 5.88 Å². The second-order valence-corrected chi connectivity index (χ2v) is 3.75. The van der Waals surface area contributed by atoms with Crippen molar-refractivity contribution in [2.45, 2.75) is 0 Å². The lowest BCUT2D eigenvalue weighted by Gasteiger charge is -2.01. The van der Waals surface area contributed by atoms with Crippen LogP contribution in [-0.2, 0) is 0 Å². The standard InChI is InChI=1S/C8H3BrFIN2O/c9-7-4(10)3-12-5-1-2-6(14-11)13-8(5)7/h1-3H. The normalized spacial score (nSPS) is 10.5. The van der Waals surface area contributed by atoms with E-state index in [9.17, 15) is 4.39 Å². The summed E-state index contributed by atoms with van der Waals surface area (Å²) in [6.07, 6.45) is 1.15. The Morgan fingerprint density at radius 3 is 2.93 bits per heavy atom. The van der Waals surface area contributed by atoms with Gasteiger partial charge < -0.3 is 3.07 Å². The Kier molecular flexibility index (Phi) is 2.82. The summed E-state index contributed by atoms with van der Waals surface area (Å²) in [6.45, 7) is 0. The zero-order valence-electron chi connectivity index (χ0n) is 6.67. The largest absolute Gasteiger partial charge is 0.408 e. The summed E-state index contributed by atoms with van der Waals surface area (Å²) in [5.41, 5.74) is 1.08. The summed E-state index contributed by atoms with van der Waals surface area (Å²) >= 11 is 4.82. The highest BCUT2D eigenvalue weighted by Gasteiger charge is 2.08. The molecule has 3 nitrogen and oxygen atoms in total. The Morgan fingerprint density at radius 2 is 2.21 bits per heavy atom. The maximum Gasteiger partial charge on any atom is 0.225 e. The first-order valence-electron chi connectivity index (χ1n) is 3.61. The molecule has 14 heavy (non-hydrogen) atoms. The molecule has 0 bridgehead atoms. The second kappa shape index (κ2) is 3.93. The molecule has 0 radical (unpaired) electrons. The predicted octanol–water partition coefficient (Wildman–Crippen LogP) is 3.26. The van der Waals surface area contributed by atoms with Crippen molar-refractivity contribution in [1.82, 2.24) is 9.97 Å². The fourth-order valence-electron chi connectivity index (χ4n) is 1.04. The molecule has 0 aliphatic carbocycles. The Balaban J connectivity index is 2.78. The molecule has 0 fully saturated rings. The third-order valence-corrected chi connectivity index (χ3v) is 2.87. The maximum absolute atomic E-state index is 13.1. The van der Waals surface area contributed by atoms with Crippen LogP contribution in [0.4, 0.5) is 4.39 Å². The molecule has 0 saturated carbocycles. The van der Waals surface area contributed by atoms with Gasteiger partial charge >= 0.3 is 0 Å². The van der Waals surface area contributed by atoms with E-state index < -0.39 is 5.82 Å². The van der Waals surface area contributed by atoms with Crippen molar-refractivity contribution in [2.24, 2.45) is 0 Å². The van der Waals surface area contributed by atoms with Crippen molar-refractivity contribution in [3.05, 3.63) is 28.6 Å². The van der Waals surface area contributed by atoms with Gasteiger partial charge in [-0.1, -0.05) is 0 Å². The molecule has 0 aliphatic rings. The van der Waals surface area contributed by atoms with E-state index in [1.165, 1.54) is 0 Å². The first-order valence-corrected chi connectivity index (χ1v) is 5.29. The van der Waals surface area contributed by atoms with E-state index >= 15 is 0 Å². The van der Waals surface area contributed by atoms with E-state index in [1.807, 2.05) is 0 Å². The minimum atomic E-state index is -0.435. The van der Waals surface area contributed by atoms with Gasteiger partial charge in [0.15, 0.2) is 28.8 Å². The Labute approximate surface area is 102 Å². The number of hydrogen-bond donors (Lipinski definition) is 0. The molecule has 0 aromatic carbocycles. The molecule has 72 valence electrons. The smallest absolute Gasteiger partial charge is 0.225 e. The van der Waals surface area contributed by atoms with Crippen LogP contribution in [0.1, 0.15) is 0 Å². The summed E-state index contributed by atoms with van der Waals surface area (Å²) in [4.78, 5) is 7.97. The predicted molar refractivity (Wildman–Crippen MR) is 61.8 cm³/mol. The van der Waals surface area contributed by atoms with Crippen LogP contribution in [0.2, 0.25) is 0 Å². The van der Waals surface area contributed by atoms with E-state index in [4.69, 9.17) is 3.07 Å². The number of rotatable bonds is 1. The lowest BCUT2D eigenvalue weighted by atomic mass is 10.3. The molecule has 2 aromatic rings. The molecular formula is C8H3BrFIN2O. The monoisotopic (exact) mass is 368 g/mol. The summed E-state index contributed by atoms with van der Waals surface area (Å²) in [5.74, 6) is -0.0122. The number of pyridine rings is 2. The minimum absolute atomic E-state index is 0.304.